The van der Waals surface area contributed by atoms with Gasteiger partial charge in [-0.05, 0) is 15.9 Å². The monoisotopic (exact) mass is 242 g/mol. The van der Waals surface area contributed by atoms with Crippen LogP contribution in [-0.2, 0) is 0 Å². The quantitative estimate of drug-likeness (QED) is 0.678. The van der Waals surface area contributed by atoms with Crippen LogP contribution in [-0.4, -0.2) is 19.4 Å². The van der Waals surface area contributed by atoms with Gasteiger partial charge in [-0.1, -0.05) is 0 Å². The summed E-state index contributed by atoms with van der Waals surface area (Å²) in [4.78, 5) is 31.2. The minimum Gasteiger partial charge on any atom is -0.257 e. The van der Waals surface area contributed by atoms with Gasteiger partial charge in [0.1, 0.15) is 0 Å². The molecule has 2 aromatic heterocycles. The molecule has 0 amide bonds. The first-order chi connectivity index (χ1) is 6.16. The van der Waals surface area contributed by atoms with E-state index in [0.717, 1.165) is 4.40 Å². The molecule has 0 aliphatic heterocycles. The molecule has 13 heavy (non-hydrogen) atoms. The first-order valence-corrected chi connectivity index (χ1v) is 4.10. The lowest BCUT2D eigenvalue weighted by Crippen LogP contribution is -2.28. The van der Waals surface area contributed by atoms with Crippen LogP contribution in [0.1, 0.15) is 0 Å². The third-order valence-electron chi connectivity index (χ3n) is 1.41. The van der Waals surface area contributed by atoms with Gasteiger partial charge in [-0.25, -0.2) is 19.0 Å². The van der Waals surface area contributed by atoms with Crippen molar-refractivity contribution in [2.24, 2.45) is 0 Å². The zero-order valence-corrected chi connectivity index (χ0v) is 7.78. The van der Waals surface area contributed by atoms with Gasteiger partial charge in [0.05, 0.1) is 4.47 Å². The Bertz CT molecular complexity index is 573. The molecule has 0 atom stereocenters. The molecule has 2 rings (SSSR count). The van der Waals surface area contributed by atoms with Gasteiger partial charge in [-0.3, -0.25) is 4.98 Å². The minimum absolute atomic E-state index is 0.0805. The Labute approximate surface area is 79.4 Å². The van der Waals surface area contributed by atoms with Gasteiger partial charge >= 0.3 is 11.4 Å². The molecule has 0 unspecified atom stereocenters. The summed E-state index contributed by atoms with van der Waals surface area (Å²) in [5.74, 6) is 0.0805. The van der Waals surface area contributed by atoms with E-state index in [1.807, 2.05) is 4.98 Å². The van der Waals surface area contributed by atoms with Crippen molar-refractivity contribution < 1.29 is 0 Å². The topological polar surface area (TPSA) is 80.1 Å². The van der Waals surface area contributed by atoms with Crippen molar-refractivity contribution in [1.29, 1.82) is 0 Å². The van der Waals surface area contributed by atoms with Crippen molar-refractivity contribution >= 4 is 21.7 Å². The smallest absolute Gasteiger partial charge is 0.257 e. The Hall–Kier alpha value is -1.50. The second-order valence-electron chi connectivity index (χ2n) is 2.29. The molecule has 0 radical (unpaired) electrons. The summed E-state index contributed by atoms with van der Waals surface area (Å²) in [7, 11) is 0. The van der Waals surface area contributed by atoms with E-state index in [2.05, 4.69) is 25.9 Å². The summed E-state index contributed by atoms with van der Waals surface area (Å²) < 4.78 is 1.78. The number of rotatable bonds is 0. The lowest BCUT2D eigenvalue weighted by molar-refractivity contribution is 0.875. The predicted molar refractivity (Wildman–Crippen MR) is 47.6 cm³/mol. The third-order valence-corrected chi connectivity index (χ3v) is 1.81. The number of nitrogens with one attached hydrogen (secondary N) is 1. The molecule has 0 spiro atoms. The van der Waals surface area contributed by atoms with E-state index in [0.29, 0.717) is 4.47 Å². The van der Waals surface area contributed by atoms with Gasteiger partial charge in [-0.15, -0.1) is 0 Å². The average molecular weight is 243 g/mol. The first-order valence-electron chi connectivity index (χ1n) is 3.31. The Morgan fingerprint density at radius 1 is 1.46 bits per heavy atom. The maximum absolute atomic E-state index is 11.2. The fourth-order valence-electron chi connectivity index (χ4n) is 0.899. The molecule has 2 heterocycles. The summed E-state index contributed by atoms with van der Waals surface area (Å²) in [6.07, 6.45) is 2.94. The second-order valence-corrected chi connectivity index (χ2v) is 3.20. The zero-order chi connectivity index (χ0) is 9.42. The van der Waals surface area contributed by atoms with Crippen LogP contribution in [0.25, 0.3) is 5.78 Å². The van der Waals surface area contributed by atoms with Crippen molar-refractivity contribution in [2.75, 3.05) is 0 Å². The molecule has 7 heteroatoms. The highest BCUT2D eigenvalue weighted by Crippen LogP contribution is 2.04. The van der Waals surface area contributed by atoms with Gasteiger partial charge in [0, 0.05) is 12.4 Å². The maximum Gasteiger partial charge on any atom is 0.352 e. The Morgan fingerprint density at radius 3 is 3.00 bits per heavy atom. The maximum atomic E-state index is 11.2. The zero-order valence-electron chi connectivity index (χ0n) is 6.19. The van der Waals surface area contributed by atoms with Crippen molar-refractivity contribution in [3.8, 4) is 0 Å². The molecule has 0 fully saturated rings. The first kappa shape index (κ1) is 8.11. The van der Waals surface area contributed by atoms with Crippen LogP contribution in [0.5, 0.6) is 0 Å². The second kappa shape index (κ2) is 2.77. The van der Waals surface area contributed by atoms with E-state index < -0.39 is 11.4 Å². The molecule has 0 aromatic carbocycles. The SMILES string of the molecule is O=c1nc2ncc(Br)cn2c(=O)[nH]1. The molecule has 0 saturated carbocycles. The number of hydrogen-bond donors (Lipinski definition) is 1. The molecule has 0 bridgehead atoms. The molecule has 2 aromatic rings. The number of H-pyrrole nitrogens is 1. The standard InChI is InChI=1S/C6H3BrN4O2/c7-3-1-8-4-9-5(12)10-6(13)11(4)2-3/h1-2H,(H,10,12,13). The Morgan fingerprint density at radius 2 is 2.23 bits per heavy atom. The van der Waals surface area contributed by atoms with Crippen LogP contribution in [0, 0.1) is 0 Å². The summed E-state index contributed by atoms with van der Waals surface area (Å²) in [5, 5.41) is 0. The van der Waals surface area contributed by atoms with Gasteiger partial charge in [0.25, 0.3) is 0 Å². The van der Waals surface area contributed by atoms with Crippen LogP contribution in [0.3, 0.4) is 0 Å². The molecule has 0 aliphatic rings. The number of nitrogens with zero attached hydrogens (tertiary/aromatic N) is 3. The lowest BCUT2D eigenvalue weighted by Gasteiger charge is -1.96. The summed E-state index contributed by atoms with van der Waals surface area (Å²) in [6, 6.07) is 0. The van der Waals surface area contributed by atoms with E-state index in [1.54, 1.807) is 0 Å². The molecular weight excluding hydrogens is 240 g/mol. The van der Waals surface area contributed by atoms with Crippen molar-refractivity contribution in [1.82, 2.24) is 19.4 Å². The van der Waals surface area contributed by atoms with Crippen LogP contribution in [0.4, 0.5) is 0 Å². The molecular formula is C6H3BrN4O2. The fraction of sp³-hybridized carbons (Fsp3) is 0. The third kappa shape index (κ3) is 1.37. The number of aromatic nitrogens is 4. The highest BCUT2D eigenvalue weighted by Gasteiger charge is 2.00. The molecule has 0 saturated heterocycles. The van der Waals surface area contributed by atoms with E-state index in [-0.39, 0.29) is 5.78 Å². The number of halogens is 1. The largest absolute Gasteiger partial charge is 0.352 e. The lowest BCUT2D eigenvalue weighted by atomic mass is 10.6. The van der Waals surface area contributed by atoms with Crippen LogP contribution >= 0.6 is 15.9 Å². The summed E-state index contributed by atoms with van der Waals surface area (Å²) >= 11 is 3.14. The molecule has 1 N–H and O–H groups in total. The highest BCUT2D eigenvalue weighted by atomic mass is 79.9. The van der Waals surface area contributed by atoms with Gasteiger partial charge in [0.15, 0.2) is 0 Å². The minimum atomic E-state index is -0.695. The Kier molecular flexibility index (Phi) is 1.73. The molecule has 66 valence electrons. The predicted octanol–water partition coefficient (Wildman–Crippen LogP) is -0.460. The van der Waals surface area contributed by atoms with Crippen molar-refractivity contribution in [2.45, 2.75) is 0 Å². The van der Waals surface area contributed by atoms with E-state index in [1.165, 1.54) is 12.4 Å². The highest BCUT2D eigenvalue weighted by molar-refractivity contribution is 9.10. The number of hydrogen-bond acceptors (Lipinski definition) is 4. The van der Waals surface area contributed by atoms with Crippen molar-refractivity contribution in [3.63, 3.8) is 0 Å². The normalized spacial score (nSPS) is 10.5. The van der Waals surface area contributed by atoms with Crippen LogP contribution in [0.15, 0.2) is 26.5 Å². The Balaban J connectivity index is 3.04. The van der Waals surface area contributed by atoms with Crippen LogP contribution in [0.2, 0.25) is 0 Å². The van der Waals surface area contributed by atoms with Crippen LogP contribution < -0.4 is 11.4 Å². The van der Waals surface area contributed by atoms with E-state index in [4.69, 9.17) is 0 Å². The van der Waals surface area contributed by atoms with Gasteiger partial charge < -0.3 is 0 Å². The molecule has 0 aliphatic carbocycles. The average Bonchev–Trinajstić information content (AvgIpc) is 2.06. The summed E-state index contributed by atoms with van der Waals surface area (Å²) in [6.45, 7) is 0. The van der Waals surface area contributed by atoms with Crippen molar-refractivity contribution in [3.05, 3.63) is 37.8 Å². The van der Waals surface area contributed by atoms with Gasteiger partial charge in [-0.2, -0.15) is 4.98 Å². The van der Waals surface area contributed by atoms with E-state index in [9.17, 15) is 9.59 Å². The number of fused-ring (bicyclic) bond motifs is 1. The fourth-order valence-corrected chi connectivity index (χ4v) is 1.21. The van der Waals surface area contributed by atoms with E-state index >= 15 is 0 Å². The molecule has 6 nitrogen and oxygen atoms in total. The number of aromatic amines is 1. The van der Waals surface area contributed by atoms with Gasteiger partial charge in [0.2, 0.25) is 5.78 Å². The summed E-state index contributed by atoms with van der Waals surface area (Å²) in [5.41, 5.74) is -1.25.